The van der Waals surface area contributed by atoms with Crippen LogP contribution in [0.5, 0.6) is 0 Å². The lowest BCUT2D eigenvalue weighted by atomic mass is 10.2. The summed E-state index contributed by atoms with van der Waals surface area (Å²) in [6.45, 7) is 1.99. The fourth-order valence-corrected chi connectivity index (χ4v) is 2.18. The molecular formula is C8H6BrIO. The molecule has 3 heteroatoms. The van der Waals surface area contributed by atoms with Crippen LogP contribution in [0.15, 0.2) is 16.6 Å². The average Bonchev–Trinajstić information content (AvgIpc) is 1.99. The molecule has 1 nitrogen and oxygen atoms in total. The molecule has 0 N–H and O–H groups in total. The first-order valence-corrected chi connectivity index (χ1v) is 4.93. The van der Waals surface area contributed by atoms with Crippen molar-refractivity contribution >= 4 is 44.8 Å². The fourth-order valence-electron chi connectivity index (χ4n) is 0.786. The maximum absolute atomic E-state index is 10.6. The predicted octanol–water partition coefficient (Wildman–Crippen LogP) is 3.17. The Balaban J connectivity index is 3.40. The lowest BCUT2D eigenvalue weighted by molar-refractivity contribution is 0.112. The van der Waals surface area contributed by atoms with Gasteiger partial charge >= 0.3 is 0 Å². The van der Waals surface area contributed by atoms with Crippen LogP contribution in [0.3, 0.4) is 0 Å². The Hall–Kier alpha value is 0.100. The number of benzene rings is 1. The highest BCUT2D eigenvalue weighted by atomic mass is 127. The van der Waals surface area contributed by atoms with Crippen molar-refractivity contribution in [1.29, 1.82) is 0 Å². The van der Waals surface area contributed by atoms with Crippen LogP contribution < -0.4 is 0 Å². The van der Waals surface area contributed by atoms with E-state index in [1.54, 1.807) is 0 Å². The van der Waals surface area contributed by atoms with Crippen LogP contribution in [0.2, 0.25) is 0 Å². The zero-order valence-corrected chi connectivity index (χ0v) is 9.64. The molecule has 0 heterocycles. The number of carbonyl (C=O) groups is 1. The standard InChI is InChI=1S/C8H6BrIO/c1-5-2-3-7(9)6(4-11)8(5)10/h2-4H,1H3. The zero-order valence-electron chi connectivity index (χ0n) is 5.90. The predicted molar refractivity (Wildman–Crippen MR) is 57.0 cm³/mol. The SMILES string of the molecule is Cc1ccc(Br)c(C=O)c1I. The molecule has 1 aromatic carbocycles. The van der Waals surface area contributed by atoms with Gasteiger partial charge in [0.15, 0.2) is 6.29 Å². The van der Waals surface area contributed by atoms with Crippen molar-refractivity contribution in [3.8, 4) is 0 Å². The average molecular weight is 325 g/mol. The van der Waals surface area contributed by atoms with Gasteiger partial charge < -0.3 is 0 Å². The van der Waals surface area contributed by atoms with Crippen molar-refractivity contribution in [3.63, 3.8) is 0 Å². The van der Waals surface area contributed by atoms with E-state index in [2.05, 4.69) is 38.5 Å². The van der Waals surface area contributed by atoms with Crippen molar-refractivity contribution in [1.82, 2.24) is 0 Å². The number of rotatable bonds is 1. The summed E-state index contributed by atoms with van der Waals surface area (Å²) in [4.78, 5) is 10.6. The minimum Gasteiger partial charge on any atom is -0.298 e. The van der Waals surface area contributed by atoms with Crippen LogP contribution in [-0.4, -0.2) is 6.29 Å². The highest BCUT2D eigenvalue weighted by molar-refractivity contribution is 14.1. The number of aldehydes is 1. The summed E-state index contributed by atoms with van der Waals surface area (Å²) in [6, 6.07) is 3.88. The fraction of sp³-hybridized carbons (Fsp3) is 0.125. The molecule has 1 rings (SSSR count). The van der Waals surface area contributed by atoms with Crippen LogP contribution in [-0.2, 0) is 0 Å². The quantitative estimate of drug-likeness (QED) is 0.573. The van der Waals surface area contributed by atoms with Crippen LogP contribution >= 0.6 is 38.5 Å². The van der Waals surface area contributed by atoms with Crippen molar-refractivity contribution in [2.75, 3.05) is 0 Å². The van der Waals surface area contributed by atoms with Gasteiger partial charge in [0.05, 0.1) is 0 Å². The van der Waals surface area contributed by atoms with Gasteiger partial charge in [-0.3, -0.25) is 4.79 Å². The summed E-state index contributed by atoms with van der Waals surface area (Å²) >= 11 is 5.47. The van der Waals surface area contributed by atoms with Crippen molar-refractivity contribution in [3.05, 3.63) is 31.3 Å². The van der Waals surface area contributed by atoms with Crippen LogP contribution in [0.25, 0.3) is 0 Å². The van der Waals surface area contributed by atoms with Gasteiger partial charge in [-0.25, -0.2) is 0 Å². The van der Waals surface area contributed by atoms with E-state index in [1.807, 2.05) is 19.1 Å². The molecule has 0 spiro atoms. The first kappa shape index (κ1) is 9.19. The molecule has 0 atom stereocenters. The maximum Gasteiger partial charge on any atom is 0.152 e. The lowest BCUT2D eigenvalue weighted by Gasteiger charge is -2.02. The summed E-state index contributed by atoms with van der Waals surface area (Å²) in [5.74, 6) is 0. The highest BCUT2D eigenvalue weighted by Gasteiger charge is 2.04. The summed E-state index contributed by atoms with van der Waals surface area (Å²) in [5, 5.41) is 0. The molecule has 0 aliphatic carbocycles. The number of carbonyl (C=O) groups excluding carboxylic acids is 1. The van der Waals surface area contributed by atoms with Gasteiger partial charge in [0.2, 0.25) is 0 Å². The van der Waals surface area contributed by atoms with Crippen LogP contribution in [0.4, 0.5) is 0 Å². The second-order valence-electron chi connectivity index (χ2n) is 2.21. The highest BCUT2D eigenvalue weighted by Crippen LogP contribution is 2.23. The van der Waals surface area contributed by atoms with E-state index in [0.717, 1.165) is 25.5 Å². The Morgan fingerprint density at radius 1 is 1.55 bits per heavy atom. The molecule has 11 heavy (non-hydrogen) atoms. The molecule has 0 fully saturated rings. The first-order valence-electron chi connectivity index (χ1n) is 3.06. The second kappa shape index (κ2) is 3.67. The third-order valence-corrected chi connectivity index (χ3v) is 3.56. The van der Waals surface area contributed by atoms with Gasteiger partial charge in [-0.05, 0) is 41.1 Å². The molecule has 0 aromatic heterocycles. The van der Waals surface area contributed by atoms with Gasteiger partial charge in [0.25, 0.3) is 0 Å². The summed E-state index contributed by atoms with van der Waals surface area (Å²) in [5.41, 5.74) is 1.88. The van der Waals surface area contributed by atoms with Crippen molar-refractivity contribution in [2.45, 2.75) is 6.92 Å². The summed E-state index contributed by atoms with van der Waals surface area (Å²) in [6.07, 6.45) is 0.874. The van der Waals surface area contributed by atoms with Crippen molar-refractivity contribution < 1.29 is 4.79 Å². The molecule has 0 aliphatic rings. The van der Waals surface area contributed by atoms with E-state index in [4.69, 9.17) is 0 Å². The molecule has 0 radical (unpaired) electrons. The number of hydrogen-bond donors (Lipinski definition) is 0. The van der Waals surface area contributed by atoms with Crippen LogP contribution in [0, 0.1) is 10.5 Å². The van der Waals surface area contributed by atoms with E-state index in [-0.39, 0.29) is 0 Å². The van der Waals surface area contributed by atoms with Gasteiger partial charge in [0, 0.05) is 13.6 Å². The van der Waals surface area contributed by atoms with E-state index in [1.165, 1.54) is 0 Å². The second-order valence-corrected chi connectivity index (χ2v) is 4.14. The minimum absolute atomic E-state index is 0.741. The third kappa shape index (κ3) is 1.82. The summed E-state index contributed by atoms with van der Waals surface area (Å²) in [7, 11) is 0. The Labute approximate surface area is 87.5 Å². The molecule has 58 valence electrons. The topological polar surface area (TPSA) is 17.1 Å². The van der Waals surface area contributed by atoms with Gasteiger partial charge in [-0.1, -0.05) is 22.0 Å². The Morgan fingerprint density at radius 3 is 2.64 bits per heavy atom. The number of hydrogen-bond acceptors (Lipinski definition) is 1. The summed E-state index contributed by atoms with van der Waals surface area (Å²) < 4.78 is 1.88. The molecule has 0 amide bonds. The van der Waals surface area contributed by atoms with E-state index >= 15 is 0 Å². The minimum atomic E-state index is 0.741. The smallest absolute Gasteiger partial charge is 0.152 e. The Kier molecular flexibility index (Phi) is 3.06. The largest absolute Gasteiger partial charge is 0.298 e. The third-order valence-electron chi connectivity index (χ3n) is 1.44. The molecule has 0 saturated carbocycles. The normalized spacial score (nSPS) is 9.73. The maximum atomic E-state index is 10.6. The van der Waals surface area contributed by atoms with E-state index in [0.29, 0.717) is 0 Å². The molecular weight excluding hydrogens is 319 g/mol. The first-order chi connectivity index (χ1) is 5.16. The van der Waals surface area contributed by atoms with Gasteiger partial charge in [-0.15, -0.1) is 0 Å². The lowest BCUT2D eigenvalue weighted by Crippen LogP contribution is -1.90. The molecule has 0 bridgehead atoms. The number of halogens is 2. The van der Waals surface area contributed by atoms with Crippen molar-refractivity contribution in [2.24, 2.45) is 0 Å². The monoisotopic (exact) mass is 324 g/mol. The van der Waals surface area contributed by atoms with Crippen LogP contribution in [0.1, 0.15) is 15.9 Å². The zero-order chi connectivity index (χ0) is 8.43. The molecule has 0 saturated heterocycles. The molecule has 0 unspecified atom stereocenters. The van der Waals surface area contributed by atoms with Gasteiger partial charge in [0.1, 0.15) is 0 Å². The Bertz CT molecular complexity index is 296. The molecule has 0 aliphatic heterocycles. The van der Waals surface area contributed by atoms with Gasteiger partial charge in [-0.2, -0.15) is 0 Å². The van der Waals surface area contributed by atoms with E-state index < -0.39 is 0 Å². The number of aryl methyl sites for hydroxylation is 1. The Morgan fingerprint density at radius 2 is 2.18 bits per heavy atom. The van der Waals surface area contributed by atoms with E-state index in [9.17, 15) is 4.79 Å². The molecule has 1 aromatic rings.